The number of allylic oxidation sites excluding steroid dienone is 4. The number of anilines is 1. The molecular formula is C20H22F2N2O2S. The van der Waals surface area contributed by atoms with E-state index in [9.17, 15) is 18.4 Å². The van der Waals surface area contributed by atoms with Gasteiger partial charge < -0.3 is 11.1 Å². The van der Waals surface area contributed by atoms with Crippen LogP contribution in [0.15, 0.2) is 23.8 Å². The maximum atomic E-state index is 13.4. The molecule has 4 nitrogen and oxygen atoms in total. The minimum atomic E-state index is -2.58. The number of rotatable bonds is 5. The number of Topliss-reactive ketones (excluding diaryl/α,β-unsaturated/α-hetero) is 1. The van der Waals surface area contributed by atoms with Crippen LogP contribution in [0.1, 0.15) is 64.1 Å². The Kier molecular flexibility index (Phi) is 4.66. The molecule has 1 aromatic rings. The van der Waals surface area contributed by atoms with E-state index < -0.39 is 18.3 Å². The third kappa shape index (κ3) is 3.22. The molecular weight excluding hydrogens is 370 g/mol. The number of hydrogen-bond donors (Lipinski definition) is 2. The molecule has 1 unspecified atom stereocenters. The summed E-state index contributed by atoms with van der Waals surface area (Å²) >= 11 is 1.07. The third-order valence-electron chi connectivity index (χ3n) is 5.67. The molecule has 1 heterocycles. The Morgan fingerprint density at radius 1 is 1.37 bits per heavy atom. The van der Waals surface area contributed by atoms with Gasteiger partial charge in [-0.15, -0.1) is 11.3 Å². The summed E-state index contributed by atoms with van der Waals surface area (Å²) in [5.74, 6) is -0.567. The molecule has 1 saturated carbocycles. The van der Waals surface area contributed by atoms with Gasteiger partial charge in [0.05, 0.1) is 20.9 Å². The van der Waals surface area contributed by atoms with Gasteiger partial charge >= 0.3 is 0 Å². The second-order valence-electron chi connectivity index (χ2n) is 7.54. The Morgan fingerprint density at radius 3 is 2.78 bits per heavy atom. The normalized spacial score (nSPS) is 24.7. The lowest BCUT2D eigenvalue weighted by Crippen LogP contribution is -2.39. The first-order chi connectivity index (χ1) is 12.9. The minimum Gasteiger partial charge on any atom is -0.390 e. The van der Waals surface area contributed by atoms with Crippen molar-refractivity contribution in [1.82, 2.24) is 5.32 Å². The minimum absolute atomic E-state index is 0.183. The highest BCUT2D eigenvalue weighted by Crippen LogP contribution is 2.50. The standard InChI is InChI=1S/C20H22F2N2O2S/c21-14(22)10-20(11-4-2-1-3-5-11)9-8-13-15(19(26)24-12-6-7-12)18(23)27-16(13)17(20)25/h2,4-5,12,14H,1,3,6-10,23H2,(H,24,26). The zero-order valence-electron chi connectivity index (χ0n) is 14.9. The van der Waals surface area contributed by atoms with Gasteiger partial charge in [0.15, 0.2) is 5.78 Å². The van der Waals surface area contributed by atoms with E-state index in [1.165, 1.54) is 0 Å². The van der Waals surface area contributed by atoms with Crippen molar-refractivity contribution < 1.29 is 18.4 Å². The molecule has 7 heteroatoms. The summed E-state index contributed by atoms with van der Waals surface area (Å²) in [4.78, 5) is 26.3. The van der Waals surface area contributed by atoms with Crippen molar-refractivity contribution >= 4 is 28.0 Å². The summed E-state index contributed by atoms with van der Waals surface area (Å²) in [5.41, 5.74) is 6.54. The van der Waals surface area contributed by atoms with Crippen molar-refractivity contribution in [3.63, 3.8) is 0 Å². The van der Waals surface area contributed by atoms with Gasteiger partial charge in [-0.05, 0) is 49.7 Å². The van der Waals surface area contributed by atoms with Crippen molar-refractivity contribution in [2.24, 2.45) is 5.41 Å². The fourth-order valence-corrected chi connectivity index (χ4v) is 5.28. The molecule has 0 spiro atoms. The first-order valence-corrected chi connectivity index (χ1v) is 10.2. The van der Waals surface area contributed by atoms with Gasteiger partial charge in [0, 0.05) is 12.5 Å². The monoisotopic (exact) mass is 392 g/mol. The largest absolute Gasteiger partial charge is 0.390 e. The Morgan fingerprint density at radius 2 is 2.15 bits per heavy atom. The first-order valence-electron chi connectivity index (χ1n) is 9.34. The van der Waals surface area contributed by atoms with Crippen LogP contribution in [0.5, 0.6) is 0 Å². The topological polar surface area (TPSA) is 72.2 Å². The fraction of sp³-hybridized carbons (Fsp3) is 0.500. The smallest absolute Gasteiger partial charge is 0.254 e. The molecule has 3 aliphatic carbocycles. The second kappa shape index (κ2) is 6.86. The Bertz CT molecular complexity index is 854. The van der Waals surface area contributed by atoms with E-state index in [0.29, 0.717) is 33.0 Å². The maximum absolute atomic E-state index is 13.4. The number of thiophene rings is 1. The van der Waals surface area contributed by atoms with Crippen LogP contribution in [-0.2, 0) is 6.42 Å². The molecule has 1 atom stereocenters. The number of nitrogens with one attached hydrogen (secondary N) is 1. The Balaban J connectivity index is 1.73. The highest BCUT2D eigenvalue weighted by Gasteiger charge is 2.48. The number of carbonyl (C=O) groups is 2. The number of alkyl halides is 2. The van der Waals surface area contributed by atoms with Crippen molar-refractivity contribution in [3.8, 4) is 0 Å². The Hall–Kier alpha value is -2.02. The van der Waals surface area contributed by atoms with E-state index in [4.69, 9.17) is 5.73 Å². The number of nitrogens with two attached hydrogens (primary N) is 1. The SMILES string of the molecule is Nc1sc2c(c1C(=O)NC1CC1)CCC(CC(F)F)(C1=CCCC=C1)C2=O. The van der Waals surface area contributed by atoms with Crippen LogP contribution in [0.25, 0.3) is 0 Å². The molecule has 1 amide bonds. The number of ketones is 1. The van der Waals surface area contributed by atoms with E-state index in [1.54, 1.807) is 0 Å². The molecule has 0 aliphatic heterocycles. The van der Waals surface area contributed by atoms with E-state index in [1.807, 2.05) is 18.2 Å². The van der Waals surface area contributed by atoms with Crippen molar-refractivity contribution in [2.75, 3.05) is 5.73 Å². The summed E-state index contributed by atoms with van der Waals surface area (Å²) in [5, 5.41) is 3.21. The molecule has 27 heavy (non-hydrogen) atoms. The summed E-state index contributed by atoms with van der Waals surface area (Å²) in [6.07, 6.45) is 6.76. The molecule has 0 aromatic carbocycles. The number of amides is 1. The lowest BCUT2D eigenvalue weighted by molar-refractivity contribution is 0.0577. The number of hydrogen-bond acceptors (Lipinski definition) is 4. The van der Waals surface area contributed by atoms with E-state index in [-0.39, 0.29) is 24.2 Å². The highest BCUT2D eigenvalue weighted by molar-refractivity contribution is 7.18. The molecule has 0 saturated heterocycles. The van der Waals surface area contributed by atoms with Crippen LogP contribution in [0.2, 0.25) is 0 Å². The van der Waals surface area contributed by atoms with Crippen LogP contribution in [0.4, 0.5) is 13.8 Å². The zero-order chi connectivity index (χ0) is 19.2. The van der Waals surface area contributed by atoms with Gasteiger partial charge in [0.1, 0.15) is 0 Å². The van der Waals surface area contributed by atoms with Crippen LogP contribution in [0.3, 0.4) is 0 Å². The molecule has 0 bridgehead atoms. The van der Waals surface area contributed by atoms with Gasteiger partial charge in [-0.25, -0.2) is 8.78 Å². The quantitative estimate of drug-likeness (QED) is 0.786. The molecule has 1 fully saturated rings. The van der Waals surface area contributed by atoms with E-state index in [2.05, 4.69) is 5.32 Å². The molecule has 1 aromatic heterocycles. The maximum Gasteiger partial charge on any atom is 0.254 e. The van der Waals surface area contributed by atoms with Crippen molar-refractivity contribution in [3.05, 3.63) is 39.8 Å². The predicted molar refractivity (Wildman–Crippen MR) is 101 cm³/mol. The average Bonchev–Trinajstić information content (AvgIpc) is 3.38. The predicted octanol–water partition coefficient (Wildman–Crippen LogP) is 4.27. The fourth-order valence-electron chi connectivity index (χ4n) is 4.13. The van der Waals surface area contributed by atoms with Crippen LogP contribution in [0, 0.1) is 5.41 Å². The molecule has 3 N–H and O–H groups in total. The Labute approximate surface area is 160 Å². The molecule has 0 radical (unpaired) electrons. The molecule has 3 aliphatic rings. The van der Waals surface area contributed by atoms with Crippen LogP contribution < -0.4 is 11.1 Å². The zero-order valence-corrected chi connectivity index (χ0v) is 15.7. The van der Waals surface area contributed by atoms with E-state index >= 15 is 0 Å². The van der Waals surface area contributed by atoms with Crippen molar-refractivity contribution in [2.45, 2.75) is 57.4 Å². The lowest BCUT2D eigenvalue weighted by atomic mass is 9.65. The van der Waals surface area contributed by atoms with Crippen LogP contribution >= 0.6 is 11.3 Å². The van der Waals surface area contributed by atoms with E-state index in [0.717, 1.165) is 37.0 Å². The van der Waals surface area contributed by atoms with Gasteiger partial charge in [-0.3, -0.25) is 9.59 Å². The van der Waals surface area contributed by atoms with Gasteiger partial charge in [0.25, 0.3) is 5.91 Å². The van der Waals surface area contributed by atoms with Crippen LogP contribution in [-0.4, -0.2) is 24.2 Å². The number of halogens is 2. The summed E-state index contributed by atoms with van der Waals surface area (Å²) < 4.78 is 26.9. The average molecular weight is 392 g/mol. The summed E-state index contributed by atoms with van der Waals surface area (Å²) in [6.45, 7) is 0. The van der Waals surface area contributed by atoms with Gasteiger partial charge in [0.2, 0.25) is 6.43 Å². The number of nitrogen functional groups attached to an aromatic ring is 1. The van der Waals surface area contributed by atoms with Gasteiger partial charge in [-0.1, -0.05) is 18.2 Å². The number of carbonyl (C=O) groups excluding carboxylic acids is 2. The molecule has 144 valence electrons. The lowest BCUT2D eigenvalue weighted by Gasteiger charge is -2.37. The summed E-state index contributed by atoms with van der Waals surface area (Å²) in [6, 6.07) is 0.183. The second-order valence-corrected chi connectivity index (χ2v) is 8.59. The van der Waals surface area contributed by atoms with Gasteiger partial charge in [-0.2, -0.15) is 0 Å². The van der Waals surface area contributed by atoms with Crippen molar-refractivity contribution in [1.29, 1.82) is 0 Å². The third-order valence-corrected chi connectivity index (χ3v) is 6.73. The number of fused-ring (bicyclic) bond motifs is 1. The summed E-state index contributed by atoms with van der Waals surface area (Å²) in [7, 11) is 0. The first kappa shape index (κ1) is 18.3. The molecule has 4 rings (SSSR count). The highest BCUT2D eigenvalue weighted by atomic mass is 32.1.